The van der Waals surface area contributed by atoms with Crippen LogP contribution in [-0.4, -0.2) is 0 Å². The van der Waals surface area contributed by atoms with Gasteiger partial charge in [0, 0.05) is 164 Å². The first kappa shape index (κ1) is 63.4. The first-order valence-electron chi connectivity index (χ1n) is 10.6. The van der Waals surface area contributed by atoms with Gasteiger partial charge in [-0.25, -0.2) is 0 Å². The Hall–Kier alpha value is 3.18. The molecule has 0 aromatic heterocycles. The van der Waals surface area contributed by atoms with Crippen LogP contribution < -0.4 is 0 Å². The number of rotatable bonds is 0. The molecule has 0 atom stereocenters. The second kappa shape index (κ2) is 35.4. The van der Waals surface area contributed by atoms with Gasteiger partial charge in [0.25, 0.3) is 0 Å². The molecule has 5 rings (SSSR count). The van der Waals surface area contributed by atoms with E-state index >= 15 is 0 Å². The molecule has 3 aromatic carbocycles. The van der Waals surface area contributed by atoms with Gasteiger partial charge in [-0.2, -0.15) is 0 Å². The van der Waals surface area contributed by atoms with E-state index in [0.29, 0.717) is 0 Å². The monoisotopic (exact) mass is 881 g/mol. The molecule has 5 radical (unpaired) electrons. The van der Waals surface area contributed by atoms with Crippen molar-refractivity contribution in [2.24, 2.45) is 0 Å². The molecule has 197 valence electrons. The molecule has 2 aliphatic carbocycles. The molecule has 3 aromatic rings. The molecule has 0 N–H and O–H groups in total. The average molecular weight is 881 g/mol. The molecule has 0 heterocycles. The normalized spacial score (nSPS) is 8.16. The molecular formula is C32H52Y5-2. The van der Waals surface area contributed by atoms with Gasteiger partial charge in [-0.1, -0.05) is 119 Å². The van der Waals surface area contributed by atoms with Crippen LogP contribution in [0, 0.1) is 14.9 Å². The fourth-order valence-corrected chi connectivity index (χ4v) is 3.77. The van der Waals surface area contributed by atoms with Crippen LogP contribution in [0.5, 0.6) is 0 Å². The summed E-state index contributed by atoms with van der Waals surface area (Å²) in [5.41, 5.74) is 11.7. The second-order valence-corrected chi connectivity index (χ2v) is 6.54. The molecule has 0 nitrogen and oxygen atoms in total. The summed E-state index contributed by atoms with van der Waals surface area (Å²) >= 11 is 0. The van der Waals surface area contributed by atoms with Crippen molar-refractivity contribution in [1.82, 2.24) is 0 Å². The summed E-state index contributed by atoms with van der Waals surface area (Å²) in [6.45, 7) is 12.2. The number of fused-ring (bicyclic) bond motifs is 6. The third-order valence-corrected chi connectivity index (χ3v) is 4.71. The minimum Gasteiger partial charge on any atom is -0.358 e. The molecular weight excluding hydrogens is 829 g/mol. The topological polar surface area (TPSA) is 0 Å². The maximum absolute atomic E-state index is 2.43. The Kier molecular flexibility index (Phi) is 60.7. The second-order valence-electron chi connectivity index (χ2n) is 6.54. The molecule has 0 bridgehead atoms. The first-order valence-corrected chi connectivity index (χ1v) is 10.6. The van der Waals surface area contributed by atoms with Crippen molar-refractivity contribution in [2.75, 3.05) is 0 Å². The number of benzene rings is 3. The molecule has 5 heteroatoms. The Bertz CT molecular complexity index is 819. The molecule has 0 amide bonds. The maximum Gasteiger partial charge on any atom is 0 e. The summed E-state index contributed by atoms with van der Waals surface area (Å²) < 4.78 is 0. The Labute approximate surface area is 360 Å². The van der Waals surface area contributed by atoms with Gasteiger partial charge < -0.3 is 14.9 Å². The zero-order valence-corrected chi connectivity index (χ0v) is 37.0. The Morgan fingerprint density at radius 1 is 0.459 bits per heavy atom. The van der Waals surface area contributed by atoms with Gasteiger partial charge in [-0.3, -0.25) is 0 Å². The van der Waals surface area contributed by atoms with E-state index in [4.69, 9.17) is 0 Å². The van der Waals surface area contributed by atoms with Crippen molar-refractivity contribution < 1.29 is 164 Å². The van der Waals surface area contributed by atoms with E-state index in [1.54, 1.807) is 0 Å². The van der Waals surface area contributed by atoms with Crippen molar-refractivity contribution in [3.05, 3.63) is 97.8 Å². The summed E-state index contributed by atoms with van der Waals surface area (Å²) in [6, 6.07) is 22.5. The molecule has 0 saturated carbocycles. The SMILES string of the molecule is C.C.C.CC.CC.CCC.[CH3-].[CH3-].[Y].[Y].[Y].[Y].[Y].c1ccc2c(c1)Cc1cc3c(cc1-2)Cc1ccccc1-3. The minimum atomic E-state index is 0. The predicted molar refractivity (Wildman–Crippen MR) is 155 cm³/mol. The maximum atomic E-state index is 2.43. The first-order chi connectivity index (χ1) is 13.3. The van der Waals surface area contributed by atoms with Crippen molar-refractivity contribution in [1.29, 1.82) is 0 Å². The van der Waals surface area contributed by atoms with E-state index in [2.05, 4.69) is 74.5 Å². The Balaban J connectivity index is -0.0000000611. The van der Waals surface area contributed by atoms with Crippen LogP contribution in [0.2, 0.25) is 0 Å². The fourth-order valence-electron chi connectivity index (χ4n) is 3.77. The smallest absolute Gasteiger partial charge is 0 e. The zero-order chi connectivity index (χ0) is 19.8. The van der Waals surface area contributed by atoms with Crippen LogP contribution >= 0.6 is 0 Å². The van der Waals surface area contributed by atoms with Gasteiger partial charge in [0.15, 0.2) is 0 Å². The molecule has 37 heavy (non-hydrogen) atoms. The van der Waals surface area contributed by atoms with E-state index in [1.165, 1.54) is 50.9 Å². The van der Waals surface area contributed by atoms with Gasteiger partial charge in [0.1, 0.15) is 0 Å². The van der Waals surface area contributed by atoms with E-state index in [9.17, 15) is 0 Å². The minimum absolute atomic E-state index is 0. The molecule has 0 spiro atoms. The van der Waals surface area contributed by atoms with Crippen molar-refractivity contribution >= 4 is 0 Å². The standard InChI is InChI=1S/C20H14.C3H8.2C2H6.3CH4.2CH3.5Y/c1-3-7-17-13(5-1)9-15-11-20-16(12-19(15)17)10-14-6-2-4-8-18(14)20;1-3-2;2*1-2;;;;;;;;;;/h1-8,11-12H,9-10H2;3H2,1-2H3;2*1-2H3;3*1H4;2*1H3;;;;;/q;;;;;;;2*-1;;;;;. The molecule has 0 unspecified atom stereocenters. The van der Waals surface area contributed by atoms with Gasteiger partial charge in [-0.05, 0) is 69.5 Å². The Morgan fingerprint density at radius 3 is 0.973 bits per heavy atom. The van der Waals surface area contributed by atoms with Crippen LogP contribution in [0.25, 0.3) is 22.3 Å². The molecule has 2 aliphatic rings. The fraction of sp³-hybridized carbons (Fsp3) is 0.375. The van der Waals surface area contributed by atoms with Crippen LogP contribution in [0.1, 0.15) is 92.5 Å². The van der Waals surface area contributed by atoms with Crippen molar-refractivity contribution in [2.45, 2.75) is 83.1 Å². The summed E-state index contributed by atoms with van der Waals surface area (Å²) in [7, 11) is 0. The van der Waals surface area contributed by atoms with Crippen LogP contribution in [-0.2, 0) is 176 Å². The van der Waals surface area contributed by atoms with E-state index < -0.39 is 0 Å². The van der Waals surface area contributed by atoms with Gasteiger partial charge >= 0.3 is 0 Å². The number of hydrogen-bond donors (Lipinski definition) is 0. The van der Waals surface area contributed by atoms with Gasteiger partial charge in [0.2, 0.25) is 0 Å². The van der Waals surface area contributed by atoms with Crippen LogP contribution in [0.4, 0.5) is 0 Å². The van der Waals surface area contributed by atoms with Crippen LogP contribution in [0.3, 0.4) is 0 Å². The van der Waals surface area contributed by atoms with E-state index in [0.717, 1.165) is 12.8 Å². The average Bonchev–Trinajstić information content (AvgIpc) is 3.27. The third-order valence-electron chi connectivity index (χ3n) is 4.71. The van der Waals surface area contributed by atoms with Crippen molar-refractivity contribution in [3.63, 3.8) is 0 Å². The third kappa shape index (κ3) is 16.6. The largest absolute Gasteiger partial charge is 0.358 e. The van der Waals surface area contributed by atoms with Crippen LogP contribution in [0.15, 0.2) is 60.7 Å². The Morgan fingerprint density at radius 2 is 0.703 bits per heavy atom. The number of hydrogen-bond acceptors (Lipinski definition) is 0. The quantitative estimate of drug-likeness (QED) is 0.136. The van der Waals surface area contributed by atoms with Gasteiger partial charge in [-0.15, -0.1) is 0 Å². The molecule has 0 saturated heterocycles. The molecule has 0 fully saturated rings. The predicted octanol–water partition coefficient (Wildman–Crippen LogP) is 11.1. The summed E-state index contributed by atoms with van der Waals surface area (Å²) in [6.07, 6.45) is 3.42. The molecule has 0 aliphatic heterocycles. The van der Waals surface area contributed by atoms with E-state index in [1.807, 2.05) is 27.7 Å². The van der Waals surface area contributed by atoms with Gasteiger partial charge in [0.05, 0.1) is 0 Å². The summed E-state index contributed by atoms with van der Waals surface area (Å²) in [5, 5.41) is 0. The zero-order valence-electron chi connectivity index (χ0n) is 22.8. The van der Waals surface area contributed by atoms with Crippen molar-refractivity contribution in [3.8, 4) is 22.3 Å². The summed E-state index contributed by atoms with van der Waals surface area (Å²) in [4.78, 5) is 0. The van der Waals surface area contributed by atoms with E-state index in [-0.39, 0.29) is 201 Å². The summed E-state index contributed by atoms with van der Waals surface area (Å²) in [5.74, 6) is 0.